The van der Waals surface area contributed by atoms with Crippen LogP contribution in [0.15, 0.2) is 48.7 Å². The minimum Gasteiger partial charge on any atom is -0.373 e. The molecule has 2 rings (SSSR count). The summed E-state index contributed by atoms with van der Waals surface area (Å²) in [6, 6.07) is 10.6. The summed E-state index contributed by atoms with van der Waals surface area (Å²) >= 11 is 0. The van der Waals surface area contributed by atoms with Gasteiger partial charge in [0.15, 0.2) is 0 Å². The first-order chi connectivity index (χ1) is 6.90. The molecular formula is C13H15N. The summed E-state index contributed by atoms with van der Waals surface area (Å²) in [6.07, 6.45) is 6.46. The van der Waals surface area contributed by atoms with E-state index in [1.165, 1.54) is 11.1 Å². The van der Waals surface area contributed by atoms with E-state index in [1.807, 2.05) is 0 Å². The van der Waals surface area contributed by atoms with Gasteiger partial charge in [-0.05, 0) is 30.3 Å². The molecule has 0 fully saturated rings. The molecule has 0 radical (unpaired) electrons. The first-order valence-electron chi connectivity index (χ1n) is 5.07. The van der Waals surface area contributed by atoms with Crippen molar-refractivity contribution in [2.75, 3.05) is 13.1 Å². The minimum atomic E-state index is 1.02. The van der Waals surface area contributed by atoms with Crippen LogP contribution >= 0.6 is 0 Å². The van der Waals surface area contributed by atoms with Gasteiger partial charge in [-0.3, -0.25) is 0 Å². The summed E-state index contributed by atoms with van der Waals surface area (Å²) in [6.45, 7) is 4.27. The molecule has 0 saturated heterocycles. The molecule has 72 valence electrons. The lowest BCUT2D eigenvalue weighted by Crippen LogP contribution is -2.20. The van der Waals surface area contributed by atoms with Crippen LogP contribution in [0.4, 0.5) is 0 Å². The normalized spacial score (nSPS) is 15.5. The number of rotatable bonds is 2. The average molecular weight is 185 g/mol. The van der Waals surface area contributed by atoms with Crippen molar-refractivity contribution in [2.24, 2.45) is 0 Å². The molecule has 0 aromatic heterocycles. The molecule has 0 amide bonds. The summed E-state index contributed by atoms with van der Waals surface area (Å²) < 4.78 is 0. The lowest BCUT2D eigenvalue weighted by atomic mass is 10.0. The molecule has 1 heterocycles. The highest BCUT2D eigenvalue weighted by atomic mass is 15.1. The Morgan fingerprint density at radius 3 is 2.71 bits per heavy atom. The maximum Gasteiger partial charge on any atom is 0.0429 e. The van der Waals surface area contributed by atoms with Crippen molar-refractivity contribution >= 4 is 5.57 Å². The second kappa shape index (κ2) is 4.14. The van der Waals surface area contributed by atoms with Gasteiger partial charge in [0.2, 0.25) is 0 Å². The fourth-order valence-electron chi connectivity index (χ4n) is 1.66. The van der Waals surface area contributed by atoms with E-state index in [1.54, 1.807) is 0 Å². The van der Waals surface area contributed by atoms with Gasteiger partial charge in [-0.2, -0.15) is 0 Å². The number of nitrogens with zero attached hydrogens (tertiary/aromatic N) is 1. The van der Waals surface area contributed by atoms with Gasteiger partial charge < -0.3 is 4.90 Å². The average Bonchev–Trinajstić information content (AvgIpc) is 2.30. The van der Waals surface area contributed by atoms with Crippen LogP contribution in [0.1, 0.15) is 12.5 Å². The van der Waals surface area contributed by atoms with Crippen molar-refractivity contribution in [3.63, 3.8) is 0 Å². The lowest BCUT2D eigenvalue weighted by molar-refractivity contribution is 0.442. The maximum absolute atomic E-state index is 2.31. The minimum absolute atomic E-state index is 1.02. The molecule has 1 aliphatic rings. The molecule has 1 heteroatoms. The van der Waals surface area contributed by atoms with E-state index < -0.39 is 0 Å². The Kier molecular flexibility index (Phi) is 2.68. The molecule has 14 heavy (non-hydrogen) atoms. The summed E-state index contributed by atoms with van der Waals surface area (Å²) in [5.74, 6) is 0. The lowest BCUT2D eigenvalue weighted by Gasteiger charge is -2.23. The van der Waals surface area contributed by atoms with Crippen LogP contribution in [-0.2, 0) is 0 Å². The Labute approximate surface area is 85.4 Å². The molecule has 0 saturated carbocycles. The third-order valence-corrected chi connectivity index (χ3v) is 2.52. The SMILES string of the molecule is CCN1C=CC=C(c2ccccc2)C1. The van der Waals surface area contributed by atoms with Crippen LogP contribution in [-0.4, -0.2) is 18.0 Å². The number of hydrogen-bond donors (Lipinski definition) is 0. The van der Waals surface area contributed by atoms with Crippen molar-refractivity contribution in [1.29, 1.82) is 0 Å². The Morgan fingerprint density at radius 2 is 2.00 bits per heavy atom. The van der Waals surface area contributed by atoms with Crippen LogP contribution in [0, 0.1) is 0 Å². The van der Waals surface area contributed by atoms with Gasteiger partial charge in [-0.1, -0.05) is 36.4 Å². The van der Waals surface area contributed by atoms with Crippen molar-refractivity contribution in [3.8, 4) is 0 Å². The summed E-state index contributed by atoms with van der Waals surface area (Å²) in [5.41, 5.74) is 2.73. The van der Waals surface area contributed by atoms with Gasteiger partial charge >= 0.3 is 0 Å². The predicted octanol–water partition coefficient (Wildman–Crippen LogP) is 2.92. The van der Waals surface area contributed by atoms with Crippen molar-refractivity contribution in [2.45, 2.75) is 6.92 Å². The van der Waals surface area contributed by atoms with E-state index in [0.717, 1.165) is 13.1 Å². The van der Waals surface area contributed by atoms with E-state index in [0.29, 0.717) is 0 Å². The highest BCUT2D eigenvalue weighted by molar-refractivity contribution is 5.69. The molecule has 0 atom stereocenters. The molecule has 1 aromatic carbocycles. The Hall–Kier alpha value is -1.50. The molecule has 0 bridgehead atoms. The summed E-state index contributed by atoms with van der Waals surface area (Å²) in [5, 5.41) is 0. The van der Waals surface area contributed by atoms with E-state index in [2.05, 4.69) is 60.5 Å². The predicted molar refractivity (Wildman–Crippen MR) is 60.8 cm³/mol. The summed E-state index contributed by atoms with van der Waals surface area (Å²) in [7, 11) is 0. The standard InChI is InChI=1S/C13H15N/c1-2-14-10-6-9-13(11-14)12-7-4-3-5-8-12/h3-10H,2,11H2,1H3. The Balaban J connectivity index is 2.21. The zero-order valence-electron chi connectivity index (χ0n) is 8.48. The largest absolute Gasteiger partial charge is 0.373 e. The highest BCUT2D eigenvalue weighted by Crippen LogP contribution is 2.18. The van der Waals surface area contributed by atoms with Crippen molar-refractivity contribution in [3.05, 3.63) is 54.2 Å². The monoisotopic (exact) mass is 185 g/mol. The van der Waals surface area contributed by atoms with Gasteiger partial charge in [-0.25, -0.2) is 0 Å². The molecule has 0 aliphatic carbocycles. The Morgan fingerprint density at radius 1 is 1.21 bits per heavy atom. The second-order valence-electron chi connectivity index (χ2n) is 3.46. The van der Waals surface area contributed by atoms with Gasteiger partial charge in [0, 0.05) is 13.1 Å². The first-order valence-corrected chi connectivity index (χ1v) is 5.07. The van der Waals surface area contributed by atoms with Gasteiger partial charge in [-0.15, -0.1) is 0 Å². The van der Waals surface area contributed by atoms with E-state index in [9.17, 15) is 0 Å². The fraction of sp³-hybridized carbons (Fsp3) is 0.231. The topological polar surface area (TPSA) is 3.24 Å². The molecule has 1 nitrogen and oxygen atoms in total. The third-order valence-electron chi connectivity index (χ3n) is 2.52. The number of benzene rings is 1. The molecule has 1 aliphatic heterocycles. The Bertz CT molecular complexity index is 349. The second-order valence-corrected chi connectivity index (χ2v) is 3.46. The number of hydrogen-bond acceptors (Lipinski definition) is 1. The van der Waals surface area contributed by atoms with Gasteiger partial charge in [0.05, 0.1) is 0 Å². The number of allylic oxidation sites excluding steroid dienone is 2. The molecule has 0 unspecified atom stereocenters. The van der Waals surface area contributed by atoms with Crippen LogP contribution in [0.2, 0.25) is 0 Å². The van der Waals surface area contributed by atoms with Gasteiger partial charge in [0.25, 0.3) is 0 Å². The van der Waals surface area contributed by atoms with Crippen LogP contribution < -0.4 is 0 Å². The van der Waals surface area contributed by atoms with Crippen molar-refractivity contribution < 1.29 is 0 Å². The summed E-state index contributed by atoms with van der Waals surface area (Å²) in [4.78, 5) is 2.31. The number of likely N-dealkylation sites (N-methyl/N-ethyl adjacent to an activating group) is 1. The van der Waals surface area contributed by atoms with Crippen LogP contribution in [0.25, 0.3) is 5.57 Å². The molecule has 0 spiro atoms. The van der Waals surface area contributed by atoms with Crippen LogP contribution in [0.5, 0.6) is 0 Å². The fourth-order valence-corrected chi connectivity index (χ4v) is 1.66. The zero-order valence-corrected chi connectivity index (χ0v) is 8.48. The third kappa shape index (κ3) is 1.87. The maximum atomic E-state index is 2.31. The van der Waals surface area contributed by atoms with Crippen molar-refractivity contribution in [1.82, 2.24) is 4.90 Å². The smallest absolute Gasteiger partial charge is 0.0429 e. The van der Waals surface area contributed by atoms with E-state index in [4.69, 9.17) is 0 Å². The van der Waals surface area contributed by atoms with E-state index >= 15 is 0 Å². The molecular weight excluding hydrogens is 170 g/mol. The first kappa shape index (κ1) is 9.07. The quantitative estimate of drug-likeness (QED) is 0.684. The van der Waals surface area contributed by atoms with Crippen LogP contribution in [0.3, 0.4) is 0 Å². The van der Waals surface area contributed by atoms with Gasteiger partial charge in [0.1, 0.15) is 0 Å². The molecule has 0 N–H and O–H groups in total. The molecule has 1 aromatic rings. The van der Waals surface area contributed by atoms with E-state index in [-0.39, 0.29) is 0 Å². The zero-order chi connectivity index (χ0) is 9.80. The highest BCUT2D eigenvalue weighted by Gasteiger charge is 2.06.